The van der Waals surface area contributed by atoms with Gasteiger partial charge in [-0.3, -0.25) is 4.90 Å². The van der Waals surface area contributed by atoms with Crippen LogP contribution in [0.5, 0.6) is 0 Å². The highest BCUT2D eigenvalue weighted by molar-refractivity contribution is 5.28. The van der Waals surface area contributed by atoms with Crippen molar-refractivity contribution in [1.82, 2.24) is 4.90 Å². The SMILES string of the molecule is NCC1(N2CCCc3ccccc3C2)CCCOC1. The molecule has 0 amide bonds. The molecule has 1 aromatic rings. The third-order valence-corrected chi connectivity index (χ3v) is 4.71. The van der Waals surface area contributed by atoms with Crippen molar-refractivity contribution in [2.24, 2.45) is 5.73 Å². The van der Waals surface area contributed by atoms with Gasteiger partial charge < -0.3 is 10.5 Å². The van der Waals surface area contributed by atoms with Crippen molar-refractivity contribution in [2.45, 2.75) is 37.8 Å². The summed E-state index contributed by atoms with van der Waals surface area (Å²) in [5, 5.41) is 0. The van der Waals surface area contributed by atoms with Gasteiger partial charge in [0.25, 0.3) is 0 Å². The largest absolute Gasteiger partial charge is 0.379 e. The maximum atomic E-state index is 6.12. The van der Waals surface area contributed by atoms with E-state index in [2.05, 4.69) is 29.2 Å². The molecule has 0 saturated carbocycles. The van der Waals surface area contributed by atoms with Gasteiger partial charge in [-0.15, -0.1) is 0 Å². The standard InChI is InChI=1S/C16H24N2O/c17-12-16(8-4-10-19-13-16)18-9-3-7-14-5-1-2-6-15(14)11-18/h1-2,5-6H,3-4,7-13,17H2. The zero-order valence-corrected chi connectivity index (χ0v) is 11.6. The predicted octanol–water partition coefficient (Wildman–Crippen LogP) is 1.94. The van der Waals surface area contributed by atoms with Crippen LogP contribution in [-0.2, 0) is 17.7 Å². The molecule has 0 aliphatic carbocycles. The van der Waals surface area contributed by atoms with E-state index < -0.39 is 0 Å². The molecule has 0 aromatic heterocycles. The molecule has 1 fully saturated rings. The van der Waals surface area contributed by atoms with Gasteiger partial charge in [0, 0.05) is 19.7 Å². The van der Waals surface area contributed by atoms with E-state index in [9.17, 15) is 0 Å². The third kappa shape index (κ3) is 2.55. The van der Waals surface area contributed by atoms with Crippen LogP contribution in [0.2, 0.25) is 0 Å². The molecule has 0 spiro atoms. The molecule has 2 N–H and O–H groups in total. The number of hydrogen-bond acceptors (Lipinski definition) is 3. The smallest absolute Gasteiger partial charge is 0.0662 e. The molecule has 2 aliphatic rings. The summed E-state index contributed by atoms with van der Waals surface area (Å²) in [5.41, 5.74) is 9.16. The minimum absolute atomic E-state index is 0.0652. The van der Waals surface area contributed by atoms with Gasteiger partial charge in [0.2, 0.25) is 0 Å². The summed E-state index contributed by atoms with van der Waals surface area (Å²) in [4.78, 5) is 2.58. The predicted molar refractivity (Wildman–Crippen MR) is 77.0 cm³/mol. The number of fused-ring (bicyclic) bond motifs is 1. The first-order valence-corrected chi connectivity index (χ1v) is 7.44. The van der Waals surface area contributed by atoms with Crippen LogP contribution >= 0.6 is 0 Å². The number of nitrogens with two attached hydrogens (primary N) is 1. The van der Waals surface area contributed by atoms with E-state index in [-0.39, 0.29) is 5.54 Å². The van der Waals surface area contributed by atoms with Crippen LogP contribution < -0.4 is 5.73 Å². The molecule has 19 heavy (non-hydrogen) atoms. The molecule has 3 heteroatoms. The van der Waals surface area contributed by atoms with Gasteiger partial charge in [-0.1, -0.05) is 24.3 Å². The number of hydrogen-bond donors (Lipinski definition) is 1. The average molecular weight is 260 g/mol. The maximum Gasteiger partial charge on any atom is 0.0662 e. The second kappa shape index (κ2) is 5.61. The highest BCUT2D eigenvalue weighted by atomic mass is 16.5. The van der Waals surface area contributed by atoms with Gasteiger partial charge in [0.15, 0.2) is 0 Å². The quantitative estimate of drug-likeness (QED) is 0.883. The maximum absolute atomic E-state index is 6.12. The Bertz CT molecular complexity index is 427. The molecular weight excluding hydrogens is 236 g/mol. The van der Waals surface area contributed by atoms with E-state index in [0.29, 0.717) is 6.54 Å². The lowest BCUT2D eigenvalue weighted by Crippen LogP contribution is -2.58. The molecule has 1 unspecified atom stereocenters. The lowest BCUT2D eigenvalue weighted by Gasteiger charge is -2.45. The molecule has 3 nitrogen and oxygen atoms in total. The summed E-state index contributed by atoms with van der Waals surface area (Å²) >= 11 is 0. The summed E-state index contributed by atoms with van der Waals surface area (Å²) in [6, 6.07) is 8.83. The Morgan fingerprint density at radius 2 is 2.05 bits per heavy atom. The zero-order valence-electron chi connectivity index (χ0n) is 11.6. The van der Waals surface area contributed by atoms with Crippen molar-refractivity contribution < 1.29 is 4.74 Å². The Hall–Kier alpha value is -0.900. The van der Waals surface area contributed by atoms with Crippen LogP contribution in [0.3, 0.4) is 0 Å². The van der Waals surface area contributed by atoms with E-state index in [1.807, 2.05) is 0 Å². The minimum atomic E-state index is 0.0652. The molecule has 0 bridgehead atoms. The Kier molecular flexibility index (Phi) is 3.87. The van der Waals surface area contributed by atoms with Crippen molar-refractivity contribution in [3.05, 3.63) is 35.4 Å². The first-order chi connectivity index (χ1) is 9.34. The fraction of sp³-hybridized carbons (Fsp3) is 0.625. The second-order valence-corrected chi connectivity index (χ2v) is 5.88. The van der Waals surface area contributed by atoms with E-state index >= 15 is 0 Å². The van der Waals surface area contributed by atoms with Gasteiger partial charge in [-0.25, -0.2) is 0 Å². The zero-order chi connectivity index (χ0) is 13.1. The van der Waals surface area contributed by atoms with Crippen LogP contribution in [0.25, 0.3) is 0 Å². The Morgan fingerprint density at radius 3 is 2.79 bits per heavy atom. The highest BCUT2D eigenvalue weighted by Crippen LogP contribution is 2.30. The number of rotatable bonds is 2. The first kappa shape index (κ1) is 13.1. The minimum Gasteiger partial charge on any atom is -0.379 e. The van der Waals surface area contributed by atoms with Crippen LogP contribution in [0, 0.1) is 0 Å². The number of aryl methyl sites for hydroxylation is 1. The van der Waals surface area contributed by atoms with Crippen molar-refractivity contribution in [2.75, 3.05) is 26.3 Å². The van der Waals surface area contributed by atoms with Gasteiger partial charge >= 0.3 is 0 Å². The molecular formula is C16H24N2O. The van der Waals surface area contributed by atoms with Crippen LogP contribution in [0.4, 0.5) is 0 Å². The fourth-order valence-corrected chi connectivity index (χ4v) is 3.48. The second-order valence-electron chi connectivity index (χ2n) is 5.88. The summed E-state index contributed by atoms with van der Waals surface area (Å²) in [7, 11) is 0. The lowest BCUT2D eigenvalue weighted by atomic mass is 9.89. The topological polar surface area (TPSA) is 38.5 Å². The molecule has 3 rings (SSSR count). The van der Waals surface area contributed by atoms with Gasteiger partial charge in [0.05, 0.1) is 12.1 Å². The van der Waals surface area contributed by atoms with Crippen LogP contribution in [0.1, 0.15) is 30.4 Å². The Labute approximate surface area is 115 Å². The molecule has 1 atom stereocenters. The van der Waals surface area contributed by atoms with Gasteiger partial charge in [0.1, 0.15) is 0 Å². The third-order valence-electron chi connectivity index (χ3n) is 4.71. The molecule has 1 saturated heterocycles. The number of nitrogens with zero attached hydrogens (tertiary/aromatic N) is 1. The number of ether oxygens (including phenoxy) is 1. The van der Waals surface area contributed by atoms with Gasteiger partial charge in [-0.05, 0) is 43.4 Å². The molecule has 0 radical (unpaired) electrons. The number of benzene rings is 1. The van der Waals surface area contributed by atoms with Crippen molar-refractivity contribution in [1.29, 1.82) is 0 Å². The fourth-order valence-electron chi connectivity index (χ4n) is 3.48. The summed E-state index contributed by atoms with van der Waals surface area (Å²) in [5.74, 6) is 0. The molecule has 104 valence electrons. The molecule has 1 aromatic carbocycles. The van der Waals surface area contributed by atoms with E-state index in [1.54, 1.807) is 0 Å². The van der Waals surface area contributed by atoms with Crippen molar-refractivity contribution in [3.63, 3.8) is 0 Å². The molecule has 2 heterocycles. The van der Waals surface area contributed by atoms with E-state index in [0.717, 1.165) is 32.7 Å². The van der Waals surface area contributed by atoms with Crippen LogP contribution in [0.15, 0.2) is 24.3 Å². The van der Waals surface area contributed by atoms with Crippen LogP contribution in [-0.4, -0.2) is 36.7 Å². The normalized spacial score (nSPS) is 28.7. The summed E-state index contributed by atoms with van der Waals surface area (Å²) in [6.45, 7) is 4.55. The summed E-state index contributed by atoms with van der Waals surface area (Å²) in [6.07, 6.45) is 4.72. The van der Waals surface area contributed by atoms with Gasteiger partial charge in [-0.2, -0.15) is 0 Å². The highest BCUT2D eigenvalue weighted by Gasteiger charge is 2.38. The van der Waals surface area contributed by atoms with E-state index in [1.165, 1.54) is 30.4 Å². The van der Waals surface area contributed by atoms with E-state index in [4.69, 9.17) is 10.5 Å². The van der Waals surface area contributed by atoms with Crippen molar-refractivity contribution in [3.8, 4) is 0 Å². The van der Waals surface area contributed by atoms with Crippen molar-refractivity contribution >= 4 is 0 Å². The first-order valence-electron chi connectivity index (χ1n) is 7.44. The monoisotopic (exact) mass is 260 g/mol. The Morgan fingerprint density at radius 1 is 1.21 bits per heavy atom. The average Bonchev–Trinajstić information content (AvgIpc) is 2.70. The Balaban J connectivity index is 1.84. The molecule has 2 aliphatic heterocycles. The summed E-state index contributed by atoms with van der Waals surface area (Å²) < 4.78 is 5.74. The lowest BCUT2D eigenvalue weighted by molar-refractivity contribution is -0.0483.